The maximum absolute atomic E-state index is 13.3. The van der Waals surface area contributed by atoms with Crippen molar-refractivity contribution in [1.29, 1.82) is 0 Å². The van der Waals surface area contributed by atoms with Crippen LogP contribution < -0.4 is 15.4 Å². The van der Waals surface area contributed by atoms with Crippen LogP contribution in [0.4, 0.5) is 15.8 Å². The molecule has 4 heteroatoms. The van der Waals surface area contributed by atoms with Gasteiger partial charge in [0.15, 0.2) is 5.75 Å². The second-order valence-electron chi connectivity index (χ2n) is 4.90. The van der Waals surface area contributed by atoms with Crippen LogP contribution in [-0.2, 0) is 0 Å². The second-order valence-corrected chi connectivity index (χ2v) is 4.90. The van der Waals surface area contributed by atoms with Crippen molar-refractivity contribution in [2.24, 2.45) is 5.41 Å². The summed E-state index contributed by atoms with van der Waals surface area (Å²) in [6, 6.07) is 2.81. The summed E-state index contributed by atoms with van der Waals surface area (Å²) in [5.41, 5.74) is 7.43. The minimum atomic E-state index is -0.301. The molecule has 0 bridgehead atoms. The molecule has 1 saturated heterocycles. The quantitative estimate of drug-likeness (QED) is 0.778. The molecule has 1 aromatic rings. The molecule has 86 valence electrons. The van der Waals surface area contributed by atoms with E-state index in [9.17, 15) is 4.39 Å². The van der Waals surface area contributed by atoms with Crippen molar-refractivity contribution in [2.75, 3.05) is 30.8 Å². The van der Waals surface area contributed by atoms with Crippen LogP contribution in [0, 0.1) is 11.2 Å². The van der Waals surface area contributed by atoms with Crippen molar-refractivity contribution in [3.63, 3.8) is 0 Å². The number of rotatable bonds is 2. The molecule has 2 fully saturated rings. The number of halogens is 1. The maximum atomic E-state index is 13.3. The molecule has 1 spiro atoms. The van der Waals surface area contributed by atoms with E-state index in [0.29, 0.717) is 16.9 Å². The van der Waals surface area contributed by atoms with Gasteiger partial charge in [0.1, 0.15) is 5.82 Å². The van der Waals surface area contributed by atoms with Crippen LogP contribution in [0.3, 0.4) is 0 Å². The average molecular weight is 222 g/mol. The highest BCUT2D eigenvalue weighted by Crippen LogP contribution is 2.55. The number of ether oxygens (including phenoxy) is 1. The Morgan fingerprint density at radius 3 is 2.62 bits per heavy atom. The predicted molar refractivity (Wildman–Crippen MR) is 61.2 cm³/mol. The normalized spacial score (nSPS) is 20.8. The van der Waals surface area contributed by atoms with Gasteiger partial charge in [0.2, 0.25) is 0 Å². The van der Waals surface area contributed by atoms with Crippen molar-refractivity contribution < 1.29 is 9.13 Å². The van der Waals surface area contributed by atoms with Gasteiger partial charge in [-0.3, -0.25) is 0 Å². The minimum absolute atomic E-state index is 0.301. The molecule has 0 aromatic heterocycles. The first-order chi connectivity index (χ1) is 7.63. The Labute approximate surface area is 94.0 Å². The summed E-state index contributed by atoms with van der Waals surface area (Å²) < 4.78 is 18.6. The highest BCUT2D eigenvalue weighted by molar-refractivity contribution is 5.72. The summed E-state index contributed by atoms with van der Waals surface area (Å²) in [5, 5.41) is 0. The summed E-state index contributed by atoms with van der Waals surface area (Å²) in [4.78, 5) is 2.14. The molecule has 3 nitrogen and oxygen atoms in total. The third-order valence-corrected chi connectivity index (χ3v) is 3.62. The number of hydrogen-bond acceptors (Lipinski definition) is 3. The molecule has 2 N–H and O–H groups in total. The van der Waals surface area contributed by atoms with Crippen molar-refractivity contribution in [3.05, 3.63) is 17.9 Å². The zero-order valence-corrected chi connectivity index (χ0v) is 9.29. The van der Waals surface area contributed by atoms with E-state index >= 15 is 0 Å². The molecule has 1 saturated carbocycles. The van der Waals surface area contributed by atoms with Crippen LogP contribution in [0.1, 0.15) is 12.8 Å². The van der Waals surface area contributed by atoms with Crippen molar-refractivity contribution in [1.82, 2.24) is 0 Å². The molecule has 1 heterocycles. The molecule has 0 unspecified atom stereocenters. The number of anilines is 2. The van der Waals surface area contributed by atoms with E-state index in [4.69, 9.17) is 10.5 Å². The Balaban J connectivity index is 1.92. The number of hydrogen-bond donors (Lipinski definition) is 1. The molecular formula is C12H15FN2O. The van der Waals surface area contributed by atoms with Gasteiger partial charge in [-0.05, 0) is 12.8 Å². The standard InChI is InChI=1S/C12H15FN2O/c1-16-11-9(14)4-8(13)5-10(11)15-6-12(7-15)2-3-12/h4-5H,2-3,6-7,14H2,1H3. The van der Waals surface area contributed by atoms with Gasteiger partial charge in [-0.1, -0.05) is 0 Å². The van der Waals surface area contributed by atoms with E-state index < -0.39 is 0 Å². The van der Waals surface area contributed by atoms with Gasteiger partial charge in [-0.25, -0.2) is 4.39 Å². The summed E-state index contributed by atoms with van der Waals surface area (Å²) >= 11 is 0. The lowest BCUT2D eigenvalue weighted by molar-refractivity contribution is 0.371. The highest BCUT2D eigenvalue weighted by Gasteiger charge is 2.52. The summed E-state index contributed by atoms with van der Waals surface area (Å²) in [5.74, 6) is 0.293. The Morgan fingerprint density at radius 1 is 1.38 bits per heavy atom. The molecule has 2 aliphatic rings. The SMILES string of the molecule is COc1c(N)cc(F)cc1N1CC2(CC2)C1. The van der Waals surface area contributed by atoms with Crippen molar-refractivity contribution in [3.8, 4) is 5.75 Å². The lowest BCUT2D eigenvalue weighted by atomic mass is 9.95. The van der Waals surface area contributed by atoms with Gasteiger partial charge in [-0.2, -0.15) is 0 Å². The van der Waals surface area contributed by atoms with Crippen LogP contribution in [0.2, 0.25) is 0 Å². The maximum Gasteiger partial charge on any atom is 0.165 e. The minimum Gasteiger partial charge on any atom is -0.492 e. The first-order valence-electron chi connectivity index (χ1n) is 5.52. The fourth-order valence-electron chi connectivity index (χ4n) is 2.48. The largest absolute Gasteiger partial charge is 0.492 e. The number of nitrogens with two attached hydrogens (primary N) is 1. The van der Waals surface area contributed by atoms with Gasteiger partial charge < -0.3 is 15.4 Å². The molecule has 1 aliphatic carbocycles. The third kappa shape index (κ3) is 1.32. The van der Waals surface area contributed by atoms with Gasteiger partial charge in [0.05, 0.1) is 18.5 Å². The molecule has 16 heavy (non-hydrogen) atoms. The molecular weight excluding hydrogens is 207 g/mol. The van der Waals surface area contributed by atoms with Gasteiger partial charge in [0.25, 0.3) is 0 Å². The van der Waals surface area contributed by atoms with Gasteiger partial charge >= 0.3 is 0 Å². The van der Waals surface area contributed by atoms with Crippen LogP contribution >= 0.6 is 0 Å². The smallest absolute Gasteiger partial charge is 0.165 e. The number of nitrogen functional groups attached to an aromatic ring is 1. The molecule has 0 amide bonds. The molecule has 1 aliphatic heterocycles. The number of nitrogens with zero attached hydrogens (tertiary/aromatic N) is 1. The average Bonchev–Trinajstić information content (AvgIpc) is 2.93. The Bertz CT molecular complexity index is 435. The fraction of sp³-hybridized carbons (Fsp3) is 0.500. The zero-order valence-electron chi connectivity index (χ0n) is 9.29. The molecule has 0 atom stereocenters. The lowest BCUT2D eigenvalue weighted by Gasteiger charge is -2.42. The topological polar surface area (TPSA) is 38.5 Å². The number of benzene rings is 1. The third-order valence-electron chi connectivity index (χ3n) is 3.62. The van der Waals surface area contributed by atoms with Crippen LogP contribution in [0.5, 0.6) is 5.75 Å². The zero-order chi connectivity index (χ0) is 11.3. The van der Waals surface area contributed by atoms with Crippen LogP contribution in [0.25, 0.3) is 0 Å². The summed E-state index contributed by atoms with van der Waals surface area (Å²) in [6.45, 7) is 2.01. The number of methoxy groups -OCH3 is 1. The van der Waals surface area contributed by atoms with E-state index in [2.05, 4.69) is 4.90 Å². The first-order valence-corrected chi connectivity index (χ1v) is 5.52. The Kier molecular flexibility index (Phi) is 1.85. The monoisotopic (exact) mass is 222 g/mol. The predicted octanol–water partition coefficient (Wildman–Crippen LogP) is 2.02. The Hall–Kier alpha value is -1.45. The van der Waals surface area contributed by atoms with Crippen LogP contribution in [0.15, 0.2) is 12.1 Å². The highest BCUT2D eigenvalue weighted by atomic mass is 19.1. The van der Waals surface area contributed by atoms with E-state index in [1.807, 2.05) is 0 Å². The lowest BCUT2D eigenvalue weighted by Crippen LogP contribution is -2.48. The van der Waals surface area contributed by atoms with Gasteiger partial charge in [-0.15, -0.1) is 0 Å². The first kappa shape index (κ1) is 9.75. The summed E-state index contributed by atoms with van der Waals surface area (Å²) in [7, 11) is 1.57. The fourth-order valence-corrected chi connectivity index (χ4v) is 2.48. The summed E-state index contributed by atoms with van der Waals surface area (Å²) in [6.07, 6.45) is 2.60. The molecule has 1 aromatic carbocycles. The van der Waals surface area contributed by atoms with Crippen molar-refractivity contribution in [2.45, 2.75) is 12.8 Å². The van der Waals surface area contributed by atoms with Crippen LogP contribution in [-0.4, -0.2) is 20.2 Å². The van der Waals surface area contributed by atoms with E-state index in [1.165, 1.54) is 25.0 Å². The molecule has 0 radical (unpaired) electrons. The Morgan fingerprint density at radius 2 is 2.06 bits per heavy atom. The second kappa shape index (κ2) is 3.03. The van der Waals surface area contributed by atoms with Gasteiger partial charge in [0, 0.05) is 30.6 Å². The van der Waals surface area contributed by atoms with Crippen molar-refractivity contribution >= 4 is 11.4 Å². The molecule has 3 rings (SSSR count). The van der Waals surface area contributed by atoms with E-state index in [1.54, 1.807) is 7.11 Å². The van der Waals surface area contributed by atoms with E-state index in [-0.39, 0.29) is 5.82 Å². The van der Waals surface area contributed by atoms with E-state index in [0.717, 1.165) is 18.8 Å².